The first-order valence-corrected chi connectivity index (χ1v) is 10.6. The molecule has 2 aromatic heterocycles. The van der Waals surface area contributed by atoms with Gasteiger partial charge in [0.05, 0.1) is 35.6 Å². The van der Waals surface area contributed by atoms with E-state index in [9.17, 15) is 13.2 Å². The van der Waals surface area contributed by atoms with E-state index in [1.165, 1.54) is 6.21 Å². The molecule has 1 aliphatic heterocycles. The van der Waals surface area contributed by atoms with Crippen LogP contribution in [0, 0.1) is 5.92 Å². The van der Waals surface area contributed by atoms with Crippen molar-refractivity contribution in [3.8, 4) is 17.1 Å². The number of benzene rings is 1. The van der Waals surface area contributed by atoms with Crippen LogP contribution in [0.2, 0.25) is 0 Å². The molecular weight excluding hydrogens is 380 g/mol. The predicted molar refractivity (Wildman–Crippen MR) is 104 cm³/mol. The van der Waals surface area contributed by atoms with Crippen molar-refractivity contribution in [1.29, 1.82) is 0 Å². The summed E-state index contributed by atoms with van der Waals surface area (Å²) in [4.78, 5) is 12.1. The van der Waals surface area contributed by atoms with E-state index in [0.717, 1.165) is 5.69 Å². The average molecular weight is 398 g/mol. The Morgan fingerprint density at radius 2 is 2.07 bits per heavy atom. The van der Waals surface area contributed by atoms with E-state index in [4.69, 9.17) is 4.42 Å². The van der Waals surface area contributed by atoms with Crippen LogP contribution in [-0.4, -0.2) is 41.8 Å². The summed E-state index contributed by atoms with van der Waals surface area (Å²) >= 11 is 0. The van der Waals surface area contributed by atoms with Gasteiger partial charge < -0.3 is 4.42 Å². The van der Waals surface area contributed by atoms with Crippen LogP contribution in [0.25, 0.3) is 17.1 Å². The highest BCUT2D eigenvalue weighted by Gasteiger charge is 2.32. The van der Waals surface area contributed by atoms with Crippen LogP contribution in [0.15, 0.2) is 64.4 Å². The van der Waals surface area contributed by atoms with E-state index in [-0.39, 0.29) is 11.5 Å². The molecule has 8 nitrogen and oxygen atoms in total. The molecule has 144 valence electrons. The molecule has 1 aliphatic rings. The molecule has 3 heterocycles. The van der Waals surface area contributed by atoms with Crippen LogP contribution >= 0.6 is 0 Å². The summed E-state index contributed by atoms with van der Waals surface area (Å²) in [5.41, 5.74) is 4.53. The first kappa shape index (κ1) is 18.2. The number of para-hydroxylation sites is 1. The third-order valence-electron chi connectivity index (χ3n) is 4.50. The van der Waals surface area contributed by atoms with Gasteiger partial charge >= 0.3 is 0 Å². The van der Waals surface area contributed by atoms with Crippen molar-refractivity contribution in [2.45, 2.75) is 6.42 Å². The van der Waals surface area contributed by atoms with Gasteiger partial charge in [0.15, 0.2) is 15.6 Å². The molecule has 0 spiro atoms. The van der Waals surface area contributed by atoms with Gasteiger partial charge in [-0.05, 0) is 30.7 Å². The molecule has 0 bridgehead atoms. The topological polar surface area (TPSA) is 107 Å². The molecule has 0 aliphatic carbocycles. The monoisotopic (exact) mass is 398 g/mol. The highest BCUT2D eigenvalue weighted by Crippen LogP contribution is 2.23. The lowest BCUT2D eigenvalue weighted by molar-refractivity contribution is -0.124. The number of nitrogens with zero attached hydrogens (tertiary/aromatic N) is 3. The summed E-state index contributed by atoms with van der Waals surface area (Å²) in [5.74, 6) is -0.463. The van der Waals surface area contributed by atoms with E-state index in [1.54, 1.807) is 29.3 Å². The van der Waals surface area contributed by atoms with Gasteiger partial charge in [0.2, 0.25) is 5.91 Å². The molecule has 1 atom stereocenters. The SMILES string of the molecule is O=C(N/N=C\c1cn(-c2ccccc2)nc1-c1ccco1)[C@H]1CCS(=O)(=O)C1. The minimum atomic E-state index is -3.12. The lowest BCUT2D eigenvalue weighted by atomic mass is 10.1. The van der Waals surface area contributed by atoms with E-state index in [0.29, 0.717) is 23.4 Å². The van der Waals surface area contributed by atoms with Gasteiger partial charge in [-0.2, -0.15) is 10.2 Å². The fourth-order valence-corrected chi connectivity index (χ4v) is 4.80. The van der Waals surface area contributed by atoms with Crippen LogP contribution < -0.4 is 5.43 Å². The molecule has 1 N–H and O–H groups in total. The van der Waals surface area contributed by atoms with E-state index < -0.39 is 21.7 Å². The predicted octanol–water partition coefficient (Wildman–Crippen LogP) is 2.02. The number of hydrogen-bond acceptors (Lipinski definition) is 6. The van der Waals surface area contributed by atoms with Crippen LogP contribution in [0.4, 0.5) is 0 Å². The van der Waals surface area contributed by atoms with Crippen LogP contribution in [0.5, 0.6) is 0 Å². The quantitative estimate of drug-likeness (QED) is 0.523. The second-order valence-electron chi connectivity index (χ2n) is 6.52. The zero-order chi connectivity index (χ0) is 19.6. The fourth-order valence-electron chi connectivity index (χ4n) is 3.06. The smallest absolute Gasteiger partial charge is 0.244 e. The van der Waals surface area contributed by atoms with E-state index in [2.05, 4.69) is 15.6 Å². The van der Waals surface area contributed by atoms with Gasteiger partial charge in [0.25, 0.3) is 0 Å². The molecule has 0 saturated carbocycles. The lowest BCUT2D eigenvalue weighted by Crippen LogP contribution is -2.27. The number of aromatic nitrogens is 2. The largest absolute Gasteiger partial charge is 0.463 e. The number of rotatable bonds is 5. The molecule has 1 amide bonds. The van der Waals surface area contributed by atoms with Gasteiger partial charge in [-0.25, -0.2) is 18.5 Å². The Morgan fingerprint density at radius 3 is 2.75 bits per heavy atom. The molecule has 0 radical (unpaired) electrons. The molecule has 3 aromatic rings. The number of furan rings is 1. The number of amides is 1. The Bertz CT molecular complexity index is 1100. The standard InChI is InChI=1S/C19H18N4O4S/c24-19(14-8-10-28(25,26)13-14)21-20-11-15-12-23(16-5-2-1-3-6-16)22-18(15)17-7-4-9-27-17/h1-7,9,11-12,14H,8,10,13H2,(H,21,24)/b20-11-/t14-/m0/s1. The zero-order valence-electron chi connectivity index (χ0n) is 14.9. The Hall–Kier alpha value is -3.20. The zero-order valence-corrected chi connectivity index (χ0v) is 15.7. The number of hydrazone groups is 1. The Kier molecular flexibility index (Phi) is 4.82. The van der Waals surface area contributed by atoms with Crippen molar-refractivity contribution < 1.29 is 17.6 Å². The number of nitrogens with one attached hydrogen (secondary N) is 1. The third-order valence-corrected chi connectivity index (χ3v) is 6.27. The molecule has 1 fully saturated rings. The fraction of sp³-hybridized carbons (Fsp3) is 0.211. The Balaban J connectivity index is 1.56. The number of carbonyl (C=O) groups is 1. The maximum atomic E-state index is 12.1. The number of carbonyl (C=O) groups excluding carboxylic acids is 1. The summed E-state index contributed by atoms with van der Waals surface area (Å²) in [6, 6.07) is 13.1. The Morgan fingerprint density at radius 1 is 1.25 bits per heavy atom. The Labute approximate surface area is 161 Å². The van der Waals surface area contributed by atoms with Crippen LogP contribution in [0.3, 0.4) is 0 Å². The molecule has 28 heavy (non-hydrogen) atoms. The first-order valence-electron chi connectivity index (χ1n) is 8.74. The summed E-state index contributed by atoms with van der Waals surface area (Å²) in [5, 5.41) is 8.55. The minimum absolute atomic E-state index is 0.0429. The molecule has 1 aromatic carbocycles. The van der Waals surface area contributed by atoms with Crippen LogP contribution in [0.1, 0.15) is 12.0 Å². The minimum Gasteiger partial charge on any atom is -0.463 e. The second-order valence-corrected chi connectivity index (χ2v) is 8.75. The highest BCUT2D eigenvalue weighted by molar-refractivity contribution is 7.91. The normalized spacial score (nSPS) is 18.5. The van der Waals surface area contributed by atoms with Gasteiger partial charge in [-0.1, -0.05) is 18.2 Å². The van der Waals surface area contributed by atoms with Crippen LogP contribution in [-0.2, 0) is 14.6 Å². The van der Waals surface area contributed by atoms with E-state index in [1.807, 2.05) is 30.3 Å². The van der Waals surface area contributed by atoms with Gasteiger partial charge in [-0.3, -0.25) is 4.79 Å². The third kappa shape index (κ3) is 3.89. The highest BCUT2D eigenvalue weighted by atomic mass is 32.2. The van der Waals surface area contributed by atoms with Crippen molar-refractivity contribution >= 4 is 22.0 Å². The van der Waals surface area contributed by atoms with Gasteiger partial charge in [-0.15, -0.1) is 0 Å². The molecule has 4 rings (SSSR count). The van der Waals surface area contributed by atoms with Crippen molar-refractivity contribution in [3.63, 3.8) is 0 Å². The van der Waals surface area contributed by atoms with Crippen molar-refractivity contribution in [2.24, 2.45) is 11.0 Å². The summed E-state index contributed by atoms with van der Waals surface area (Å²) in [7, 11) is -3.12. The summed E-state index contributed by atoms with van der Waals surface area (Å²) in [6.07, 6.45) is 5.14. The van der Waals surface area contributed by atoms with Gasteiger partial charge in [0.1, 0.15) is 5.69 Å². The molecular formula is C19H18N4O4S. The second kappa shape index (κ2) is 7.43. The van der Waals surface area contributed by atoms with Gasteiger partial charge in [0, 0.05) is 11.8 Å². The number of sulfone groups is 1. The average Bonchev–Trinajstić information content (AvgIpc) is 3.41. The number of hydrogen-bond donors (Lipinski definition) is 1. The molecule has 0 unspecified atom stereocenters. The maximum absolute atomic E-state index is 12.1. The summed E-state index contributed by atoms with van der Waals surface area (Å²) < 4.78 is 30.2. The molecule has 1 saturated heterocycles. The first-order chi connectivity index (χ1) is 13.5. The van der Waals surface area contributed by atoms with Crippen molar-refractivity contribution in [1.82, 2.24) is 15.2 Å². The van der Waals surface area contributed by atoms with E-state index >= 15 is 0 Å². The molecule has 9 heteroatoms. The van der Waals surface area contributed by atoms with Crippen molar-refractivity contribution in [2.75, 3.05) is 11.5 Å². The van der Waals surface area contributed by atoms with Crippen molar-refractivity contribution in [3.05, 3.63) is 60.5 Å². The maximum Gasteiger partial charge on any atom is 0.244 e. The summed E-state index contributed by atoms with van der Waals surface area (Å²) in [6.45, 7) is 0. The lowest BCUT2D eigenvalue weighted by Gasteiger charge is -2.04.